The van der Waals surface area contributed by atoms with E-state index in [1.807, 2.05) is 0 Å². The monoisotopic (exact) mass is 304 g/mol. The van der Waals surface area contributed by atoms with Gasteiger partial charge in [-0.1, -0.05) is 36.4 Å². The van der Waals surface area contributed by atoms with Crippen LogP contribution >= 0.6 is 34.2 Å². The van der Waals surface area contributed by atoms with Gasteiger partial charge >= 0.3 is 0 Å². The summed E-state index contributed by atoms with van der Waals surface area (Å²) in [7, 11) is 0. The van der Waals surface area contributed by atoms with Crippen molar-refractivity contribution in [1.82, 2.24) is 0 Å². The Morgan fingerprint density at radius 1 is 1.50 bits per heavy atom. The molecule has 0 heterocycles. The lowest BCUT2D eigenvalue weighted by molar-refractivity contribution is 0.000641. The molecule has 3 heteroatoms. The van der Waals surface area contributed by atoms with Crippen LogP contribution in [0.15, 0.2) is 0 Å². The van der Waals surface area contributed by atoms with E-state index in [9.17, 15) is 0 Å². The highest BCUT2D eigenvalue weighted by molar-refractivity contribution is 14.1. The molecule has 1 nitrogen and oxygen atoms in total. The molecule has 0 bridgehead atoms. The summed E-state index contributed by atoms with van der Waals surface area (Å²) < 4.78 is 6.65. The van der Waals surface area contributed by atoms with E-state index >= 15 is 0 Å². The topological polar surface area (TPSA) is 9.23 Å². The van der Waals surface area contributed by atoms with Crippen LogP contribution in [0.25, 0.3) is 0 Å². The second-order valence-corrected chi connectivity index (χ2v) is 4.78. The van der Waals surface area contributed by atoms with Gasteiger partial charge in [-0.25, -0.2) is 0 Å². The number of alkyl halides is 2. The van der Waals surface area contributed by atoms with E-state index in [-0.39, 0.29) is 5.60 Å². The fourth-order valence-electron chi connectivity index (χ4n) is 0.654. The zero-order chi connectivity index (χ0) is 9.61. The lowest BCUT2D eigenvalue weighted by atomic mass is 10.1. The van der Waals surface area contributed by atoms with Crippen molar-refractivity contribution in [3.63, 3.8) is 0 Å². The van der Waals surface area contributed by atoms with Crippen LogP contribution in [0.1, 0.15) is 27.2 Å². The lowest BCUT2D eigenvalue weighted by Crippen LogP contribution is -2.33. The number of ether oxygens (including phenoxy) is 1. The standard InChI is InChI=1S/C9H18ClIO/c1-8(2)4-5-12-9(3,6-10)7-11/h8H,4-7H2,1-3H3. The molecule has 0 aliphatic heterocycles. The van der Waals surface area contributed by atoms with Gasteiger partial charge < -0.3 is 4.74 Å². The molecule has 0 saturated carbocycles. The van der Waals surface area contributed by atoms with Crippen molar-refractivity contribution >= 4 is 34.2 Å². The van der Waals surface area contributed by atoms with Gasteiger partial charge in [0.05, 0.1) is 11.5 Å². The average Bonchev–Trinajstić information content (AvgIpc) is 2.03. The van der Waals surface area contributed by atoms with Crippen LogP contribution in [0, 0.1) is 5.92 Å². The molecule has 12 heavy (non-hydrogen) atoms. The van der Waals surface area contributed by atoms with Crippen molar-refractivity contribution in [1.29, 1.82) is 0 Å². The number of rotatable bonds is 6. The molecule has 1 unspecified atom stereocenters. The van der Waals surface area contributed by atoms with Gasteiger partial charge in [0.1, 0.15) is 0 Å². The highest BCUT2D eigenvalue weighted by atomic mass is 127. The Kier molecular flexibility index (Phi) is 6.96. The van der Waals surface area contributed by atoms with Crippen molar-refractivity contribution in [2.45, 2.75) is 32.8 Å². The van der Waals surface area contributed by atoms with Gasteiger partial charge in [0.25, 0.3) is 0 Å². The normalized spacial score (nSPS) is 16.5. The number of halogens is 2. The van der Waals surface area contributed by atoms with Crippen LogP contribution in [0.2, 0.25) is 0 Å². The van der Waals surface area contributed by atoms with Crippen molar-refractivity contribution in [3.05, 3.63) is 0 Å². The van der Waals surface area contributed by atoms with Gasteiger partial charge in [-0.2, -0.15) is 0 Å². The molecular weight excluding hydrogens is 286 g/mol. The lowest BCUT2D eigenvalue weighted by Gasteiger charge is -2.25. The summed E-state index contributed by atoms with van der Waals surface area (Å²) >= 11 is 8.11. The first-order valence-corrected chi connectivity index (χ1v) is 6.36. The van der Waals surface area contributed by atoms with E-state index in [2.05, 4.69) is 43.4 Å². The number of hydrogen-bond donors (Lipinski definition) is 0. The third-order valence-corrected chi connectivity index (χ3v) is 3.89. The molecule has 0 rings (SSSR count). The van der Waals surface area contributed by atoms with E-state index in [0.29, 0.717) is 11.8 Å². The molecule has 0 aromatic rings. The fourth-order valence-corrected chi connectivity index (χ4v) is 1.63. The molecule has 0 amide bonds. The summed E-state index contributed by atoms with van der Waals surface area (Å²) in [6, 6.07) is 0. The summed E-state index contributed by atoms with van der Waals surface area (Å²) in [6.07, 6.45) is 1.11. The zero-order valence-electron chi connectivity index (χ0n) is 8.07. The summed E-state index contributed by atoms with van der Waals surface area (Å²) in [4.78, 5) is 0. The van der Waals surface area contributed by atoms with Gasteiger partial charge in [-0.3, -0.25) is 0 Å². The van der Waals surface area contributed by atoms with Crippen molar-refractivity contribution in [2.75, 3.05) is 16.9 Å². The Morgan fingerprint density at radius 3 is 2.42 bits per heavy atom. The SMILES string of the molecule is CC(C)CCOC(C)(CCl)CI. The summed E-state index contributed by atoms with van der Waals surface area (Å²) in [5.41, 5.74) is -0.128. The first kappa shape index (κ1) is 13.0. The van der Waals surface area contributed by atoms with Crippen LogP contribution in [-0.2, 0) is 4.74 Å². The minimum atomic E-state index is -0.128. The Hall–Kier alpha value is 0.980. The van der Waals surface area contributed by atoms with Crippen LogP contribution in [0.4, 0.5) is 0 Å². The molecule has 0 aliphatic rings. The molecule has 0 aliphatic carbocycles. The largest absolute Gasteiger partial charge is 0.373 e. The van der Waals surface area contributed by atoms with E-state index in [1.54, 1.807) is 0 Å². The maximum absolute atomic E-state index is 5.79. The van der Waals surface area contributed by atoms with Gasteiger partial charge in [-0.15, -0.1) is 11.6 Å². The van der Waals surface area contributed by atoms with Crippen molar-refractivity contribution < 1.29 is 4.74 Å². The second-order valence-electron chi connectivity index (χ2n) is 3.75. The van der Waals surface area contributed by atoms with Gasteiger partial charge in [0.15, 0.2) is 0 Å². The van der Waals surface area contributed by atoms with Crippen LogP contribution < -0.4 is 0 Å². The van der Waals surface area contributed by atoms with E-state index in [4.69, 9.17) is 16.3 Å². The third kappa shape index (κ3) is 5.60. The molecule has 1 atom stereocenters. The Balaban J connectivity index is 3.58. The summed E-state index contributed by atoms with van der Waals surface area (Å²) in [5.74, 6) is 1.28. The molecule has 0 aromatic carbocycles. The second kappa shape index (κ2) is 6.44. The van der Waals surface area contributed by atoms with Crippen LogP contribution in [-0.4, -0.2) is 22.5 Å². The molecular formula is C9H18ClIO. The third-order valence-electron chi connectivity index (χ3n) is 1.71. The molecule has 0 radical (unpaired) electrons. The van der Waals surface area contributed by atoms with Crippen molar-refractivity contribution in [2.24, 2.45) is 5.92 Å². The quantitative estimate of drug-likeness (QED) is 0.539. The summed E-state index contributed by atoms with van der Waals surface area (Å²) in [5, 5.41) is 0. The smallest absolute Gasteiger partial charge is 0.0878 e. The van der Waals surface area contributed by atoms with Crippen LogP contribution in [0.3, 0.4) is 0 Å². The zero-order valence-corrected chi connectivity index (χ0v) is 11.0. The Morgan fingerprint density at radius 2 is 2.08 bits per heavy atom. The highest BCUT2D eigenvalue weighted by Crippen LogP contribution is 2.17. The Labute approximate surface area is 94.3 Å². The predicted molar refractivity (Wildman–Crippen MR) is 63.4 cm³/mol. The predicted octanol–water partition coefficient (Wildman–Crippen LogP) is 3.48. The van der Waals surface area contributed by atoms with Gasteiger partial charge in [-0.05, 0) is 19.3 Å². The molecule has 74 valence electrons. The first-order chi connectivity index (χ1) is 5.54. The molecule has 0 saturated heterocycles. The highest BCUT2D eigenvalue weighted by Gasteiger charge is 2.21. The maximum Gasteiger partial charge on any atom is 0.0878 e. The molecule has 0 N–H and O–H groups in total. The minimum absolute atomic E-state index is 0.128. The average molecular weight is 305 g/mol. The van der Waals surface area contributed by atoms with E-state index in [0.717, 1.165) is 17.5 Å². The van der Waals surface area contributed by atoms with Gasteiger partial charge in [0, 0.05) is 11.0 Å². The van der Waals surface area contributed by atoms with Gasteiger partial charge in [0.2, 0.25) is 0 Å². The Bertz CT molecular complexity index is 113. The fraction of sp³-hybridized carbons (Fsp3) is 1.00. The van der Waals surface area contributed by atoms with Crippen molar-refractivity contribution in [3.8, 4) is 0 Å². The number of hydrogen-bond acceptors (Lipinski definition) is 1. The maximum atomic E-state index is 5.79. The van der Waals surface area contributed by atoms with Crippen LogP contribution in [0.5, 0.6) is 0 Å². The first-order valence-electron chi connectivity index (χ1n) is 4.30. The van der Waals surface area contributed by atoms with E-state index < -0.39 is 0 Å². The minimum Gasteiger partial charge on any atom is -0.373 e. The molecule has 0 spiro atoms. The molecule has 0 fully saturated rings. The van der Waals surface area contributed by atoms with E-state index in [1.165, 1.54) is 0 Å². The molecule has 0 aromatic heterocycles. The summed E-state index contributed by atoms with van der Waals surface area (Å²) in [6.45, 7) is 7.29.